The van der Waals surface area contributed by atoms with Crippen molar-refractivity contribution in [3.63, 3.8) is 0 Å². The third-order valence-electron chi connectivity index (χ3n) is 2.55. The van der Waals surface area contributed by atoms with Crippen LogP contribution in [-0.4, -0.2) is 43.2 Å². The number of Topliss-reactive ketones (excluding diaryl/α,β-unsaturated/α-hetero) is 1. The lowest BCUT2D eigenvalue weighted by atomic mass is 10.1. The Balaban J connectivity index is 2.20. The lowest BCUT2D eigenvalue weighted by molar-refractivity contribution is -0.121. The Labute approximate surface area is 116 Å². The number of ether oxygens (including phenoxy) is 1. The van der Waals surface area contributed by atoms with Crippen molar-refractivity contribution in [2.24, 2.45) is 0 Å². The van der Waals surface area contributed by atoms with Gasteiger partial charge in [0.25, 0.3) is 0 Å². The van der Waals surface area contributed by atoms with E-state index in [1.165, 1.54) is 24.3 Å². The highest BCUT2D eigenvalue weighted by molar-refractivity contribution is 5.97. The Kier molecular flexibility index (Phi) is 7.46. The number of carbonyl (C=O) groups excluding carboxylic acids is 2. The summed E-state index contributed by atoms with van der Waals surface area (Å²) >= 11 is 0. The van der Waals surface area contributed by atoms with Gasteiger partial charge >= 0.3 is 0 Å². The van der Waals surface area contributed by atoms with Crippen molar-refractivity contribution in [3.8, 4) is 0 Å². The molecule has 0 aromatic heterocycles. The fraction of sp³-hybridized carbons (Fsp3) is 0.429. The van der Waals surface area contributed by atoms with Crippen LogP contribution in [0.15, 0.2) is 24.3 Å². The minimum absolute atomic E-state index is 0.0554. The number of carbonyl (C=O) groups is 2. The van der Waals surface area contributed by atoms with E-state index in [1.54, 1.807) is 0 Å². The number of aliphatic hydroxyl groups is 1. The standard InChI is InChI=1S/C14H18FNO4/c15-12-3-1-11(2-4-12)13(18)5-6-14(19)16-7-9-20-10-8-17/h1-4,17H,5-10H2,(H,16,19). The molecule has 110 valence electrons. The Morgan fingerprint density at radius 1 is 1.15 bits per heavy atom. The minimum Gasteiger partial charge on any atom is -0.394 e. The van der Waals surface area contributed by atoms with Gasteiger partial charge < -0.3 is 15.2 Å². The first-order valence-electron chi connectivity index (χ1n) is 6.37. The van der Waals surface area contributed by atoms with Crippen molar-refractivity contribution in [1.82, 2.24) is 5.32 Å². The summed E-state index contributed by atoms with van der Waals surface area (Å²) in [6.45, 7) is 0.834. The lowest BCUT2D eigenvalue weighted by Crippen LogP contribution is -2.27. The molecule has 0 spiro atoms. The zero-order valence-electron chi connectivity index (χ0n) is 11.1. The predicted molar refractivity (Wildman–Crippen MR) is 70.9 cm³/mol. The summed E-state index contributed by atoms with van der Waals surface area (Å²) in [6.07, 6.45) is 0.158. The molecule has 5 nitrogen and oxygen atoms in total. The molecule has 0 atom stereocenters. The summed E-state index contributed by atoms with van der Waals surface area (Å²) in [4.78, 5) is 23.2. The van der Waals surface area contributed by atoms with Crippen molar-refractivity contribution in [3.05, 3.63) is 35.6 Å². The van der Waals surface area contributed by atoms with Gasteiger partial charge in [0, 0.05) is 24.9 Å². The number of nitrogens with one attached hydrogen (secondary N) is 1. The number of ketones is 1. The maximum absolute atomic E-state index is 12.7. The van der Waals surface area contributed by atoms with Gasteiger partial charge in [-0.2, -0.15) is 0 Å². The molecule has 6 heteroatoms. The highest BCUT2D eigenvalue weighted by Crippen LogP contribution is 2.07. The molecule has 0 unspecified atom stereocenters. The van der Waals surface area contributed by atoms with Crippen molar-refractivity contribution in [2.45, 2.75) is 12.8 Å². The fourth-order valence-corrected chi connectivity index (χ4v) is 1.52. The number of hydrogen-bond donors (Lipinski definition) is 2. The molecular weight excluding hydrogens is 265 g/mol. The van der Waals surface area contributed by atoms with Crippen LogP contribution >= 0.6 is 0 Å². The summed E-state index contributed by atoms with van der Waals surface area (Å²) < 4.78 is 17.7. The van der Waals surface area contributed by atoms with Gasteiger partial charge in [0.2, 0.25) is 5.91 Å². The fourth-order valence-electron chi connectivity index (χ4n) is 1.52. The van der Waals surface area contributed by atoms with Crippen LogP contribution in [0.1, 0.15) is 23.2 Å². The van der Waals surface area contributed by atoms with E-state index in [4.69, 9.17) is 9.84 Å². The van der Waals surface area contributed by atoms with Gasteiger partial charge in [-0.3, -0.25) is 9.59 Å². The third-order valence-corrected chi connectivity index (χ3v) is 2.55. The zero-order valence-corrected chi connectivity index (χ0v) is 11.1. The van der Waals surface area contributed by atoms with E-state index in [0.717, 1.165) is 0 Å². The molecule has 0 bridgehead atoms. The average Bonchev–Trinajstić information content (AvgIpc) is 2.45. The Morgan fingerprint density at radius 3 is 2.50 bits per heavy atom. The molecule has 0 aliphatic rings. The van der Waals surface area contributed by atoms with Crippen LogP contribution < -0.4 is 5.32 Å². The van der Waals surface area contributed by atoms with Crippen LogP contribution in [0.4, 0.5) is 4.39 Å². The summed E-state index contributed by atoms with van der Waals surface area (Å²) in [5.74, 6) is -0.841. The number of benzene rings is 1. The molecule has 0 aliphatic carbocycles. The SMILES string of the molecule is O=C(CCC(=O)c1ccc(F)cc1)NCCOCCO. The quantitative estimate of drug-likeness (QED) is 0.522. The molecule has 0 fully saturated rings. The van der Waals surface area contributed by atoms with Gasteiger partial charge in [-0.25, -0.2) is 4.39 Å². The van der Waals surface area contributed by atoms with Gasteiger partial charge in [-0.05, 0) is 24.3 Å². The van der Waals surface area contributed by atoms with Crippen molar-refractivity contribution in [1.29, 1.82) is 0 Å². The summed E-state index contributed by atoms with van der Waals surface area (Å²) in [6, 6.07) is 5.23. The summed E-state index contributed by atoms with van der Waals surface area (Å²) in [7, 11) is 0. The van der Waals surface area contributed by atoms with Crippen LogP contribution in [0.5, 0.6) is 0 Å². The van der Waals surface area contributed by atoms with Crippen LogP contribution in [0, 0.1) is 5.82 Å². The molecule has 2 N–H and O–H groups in total. The number of aliphatic hydroxyl groups excluding tert-OH is 1. The van der Waals surface area contributed by atoms with Gasteiger partial charge in [-0.1, -0.05) is 0 Å². The number of rotatable bonds is 9. The maximum Gasteiger partial charge on any atom is 0.220 e. The van der Waals surface area contributed by atoms with E-state index in [2.05, 4.69) is 5.32 Å². The number of halogens is 1. The van der Waals surface area contributed by atoms with Crippen LogP contribution in [-0.2, 0) is 9.53 Å². The molecule has 0 saturated heterocycles. The lowest BCUT2D eigenvalue weighted by Gasteiger charge is -2.05. The first kappa shape index (κ1) is 16.3. The molecule has 0 heterocycles. The van der Waals surface area contributed by atoms with Crippen molar-refractivity contribution < 1.29 is 23.8 Å². The molecule has 1 aromatic carbocycles. The molecule has 0 saturated carbocycles. The predicted octanol–water partition coefficient (Wildman–Crippen LogP) is 0.914. The first-order valence-corrected chi connectivity index (χ1v) is 6.37. The molecule has 0 aliphatic heterocycles. The second-order valence-corrected chi connectivity index (χ2v) is 4.12. The second kappa shape index (κ2) is 9.17. The minimum atomic E-state index is -0.401. The Hall–Kier alpha value is -1.79. The average molecular weight is 283 g/mol. The molecule has 20 heavy (non-hydrogen) atoms. The van der Waals surface area contributed by atoms with Crippen LogP contribution in [0.25, 0.3) is 0 Å². The smallest absolute Gasteiger partial charge is 0.220 e. The molecule has 1 rings (SSSR count). The summed E-state index contributed by atoms with van der Waals surface area (Å²) in [5.41, 5.74) is 0.394. The van der Waals surface area contributed by atoms with Crippen molar-refractivity contribution >= 4 is 11.7 Å². The van der Waals surface area contributed by atoms with Gasteiger partial charge in [0.05, 0.1) is 19.8 Å². The van der Waals surface area contributed by atoms with Gasteiger partial charge in [0.15, 0.2) is 5.78 Å². The molecular formula is C14H18FNO4. The first-order chi connectivity index (χ1) is 9.63. The van der Waals surface area contributed by atoms with Crippen LogP contribution in [0.2, 0.25) is 0 Å². The van der Waals surface area contributed by atoms with E-state index < -0.39 is 5.82 Å². The zero-order chi connectivity index (χ0) is 14.8. The highest BCUT2D eigenvalue weighted by atomic mass is 19.1. The molecule has 1 amide bonds. The largest absolute Gasteiger partial charge is 0.394 e. The normalized spacial score (nSPS) is 10.3. The summed E-state index contributed by atoms with van der Waals surface area (Å²) in [5, 5.41) is 11.1. The number of hydrogen-bond acceptors (Lipinski definition) is 4. The van der Waals surface area contributed by atoms with E-state index >= 15 is 0 Å². The Bertz CT molecular complexity index is 433. The van der Waals surface area contributed by atoms with Gasteiger partial charge in [0.1, 0.15) is 5.82 Å². The van der Waals surface area contributed by atoms with Gasteiger partial charge in [-0.15, -0.1) is 0 Å². The third kappa shape index (κ3) is 6.40. The topological polar surface area (TPSA) is 75.6 Å². The number of amides is 1. The maximum atomic E-state index is 12.7. The Morgan fingerprint density at radius 2 is 1.85 bits per heavy atom. The monoisotopic (exact) mass is 283 g/mol. The van der Waals surface area contributed by atoms with E-state index in [9.17, 15) is 14.0 Å². The van der Waals surface area contributed by atoms with Crippen LogP contribution in [0.3, 0.4) is 0 Å². The molecule has 1 aromatic rings. The van der Waals surface area contributed by atoms with E-state index in [0.29, 0.717) is 18.7 Å². The highest BCUT2D eigenvalue weighted by Gasteiger charge is 2.09. The van der Waals surface area contributed by atoms with E-state index in [-0.39, 0.29) is 37.7 Å². The second-order valence-electron chi connectivity index (χ2n) is 4.12. The molecule has 0 radical (unpaired) electrons. The van der Waals surface area contributed by atoms with E-state index in [1.807, 2.05) is 0 Å². The van der Waals surface area contributed by atoms with Crippen molar-refractivity contribution in [2.75, 3.05) is 26.4 Å².